The van der Waals surface area contributed by atoms with Gasteiger partial charge in [0.05, 0.1) is 0 Å². The Kier molecular flexibility index (Phi) is 7.96. The molecule has 1 atom stereocenters. The minimum atomic E-state index is -1.03. The second-order valence-electron chi connectivity index (χ2n) is 7.58. The Morgan fingerprint density at radius 2 is 1.55 bits per heavy atom. The second kappa shape index (κ2) is 11.1. The molecule has 1 amide bonds. The number of nitrogens with one attached hydrogen (secondary N) is 1. The maximum atomic E-state index is 12.3. The molecule has 3 rings (SSSR count). The minimum absolute atomic E-state index is 0.126. The van der Waals surface area contributed by atoms with Crippen LogP contribution in [0.4, 0.5) is 0 Å². The summed E-state index contributed by atoms with van der Waals surface area (Å²) in [6.07, 6.45) is 3.07. The van der Waals surface area contributed by atoms with E-state index in [1.165, 1.54) is 16.7 Å². The van der Waals surface area contributed by atoms with Crippen molar-refractivity contribution in [2.75, 3.05) is 6.54 Å². The van der Waals surface area contributed by atoms with Crippen LogP contribution in [-0.4, -0.2) is 29.6 Å². The number of hydrogen-bond donors (Lipinski definition) is 3. The normalized spacial score (nSPS) is 11.6. The average Bonchev–Trinajstić information content (AvgIpc) is 2.80. The van der Waals surface area contributed by atoms with Crippen molar-refractivity contribution in [3.05, 3.63) is 95.6 Å². The molecule has 0 aliphatic heterocycles. The number of amides is 1. The van der Waals surface area contributed by atoms with Crippen LogP contribution in [0.5, 0.6) is 0 Å². The van der Waals surface area contributed by atoms with Crippen molar-refractivity contribution in [3.63, 3.8) is 0 Å². The SMILES string of the molecule is NC(Cc1ccc(C(=O)NCCCCc2ccccc2-c2ccccc2)cc1)C(=O)O. The van der Waals surface area contributed by atoms with Crippen LogP contribution < -0.4 is 11.1 Å². The van der Waals surface area contributed by atoms with E-state index in [1.54, 1.807) is 24.3 Å². The first-order valence-electron chi connectivity index (χ1n) is 10.5. The fourth-order valence-corrected chi connectivity index (χ4v) is 3.52. The number of hydrogen-bond acceptors (Lipinski definition) is 3. The summed E-state index contributed by atoms with van der Waals surface area (Å²) < 4.78 is 0. The van der Waals surface area contributed by atoms with Crippen molar-refractivity contribution in [1.82, 2.24) is 5.32 Å². The Morgan fingerprint density at radius 1 is 0.871 bits per heavy atom. The van der Waals surface area contributed by atoms with E-state index in [-0.39, 0.29) is 12.3 Å². The number of carboxylic acid groups (broad SMARTS) is 1. The van der Waals surface area contributed by atoms with Gasteiger partial charge < -0.3 is 16.2 Å². The number of carboxylic acids is 1. The lowest BCUT2D eigenvalue weighted by Crippen LogP contribution is -2.32. The van der Waals surface area contributed by atoms with Crippen LogP contribution in [0.25, 0.3) is 11.1 Å². The second-order valence-corrected chi connectivity index (χ2v) is 7.58. The number of carbonyl (C=O) groups is 2. The van der Waals surface area contributed by atoms with Crippen LogP contribution in [0.3, 0.4) is 0 Å². The van der Waals surface area contributed by atoms with Gasteiger partial charge in [-0.05, 0) is 60.1 Å². The monoisotopic (exact) mass is 416 g/mol. The van der Waals surface area contributed by atoms with Crippen molar-refractivity contribution in [2.45, 2.75) is 31.7 Å². The number of benzene rings is 3. The highest BCUT2D eigenvalue weighted by Gasteiger charge is 2.12. The first kappa shape index (κ1) is 22.2. The Labute approximate surface area is 182 Å². The van der Waals surface area contributed by atoms with Gasteiger partial charge in [-0.1, -0.05) is 66.7 Å². The number of unbranched alkanes of at least 4 members (excludes halogenated alkanes) is 1. The fourth-order valence-electron chi connectivity index (χ4n) is 3.52. The molecule has 4 N–H and O–H groups in total. The Balaban J connectivity index is 1.44. The molecule has 0 saturated heterocycles. The molecule has 1 unspecified atom stereocenters. The molecule has 0 aromatic heterocycles. The van der Waals surface area contributed by atoms with E-state index in [1.807, 2.05) is 6.07 Å². The molecule has 5 nitrogen and oxygen atoms in total. The highest BCUT2D eigenvalue weighted by molar-refractivity contribution is 5.94. The molecule has 0 heterocycles. The first-order valence-corrected chi connectivity index (χ1v) is 10.5. The summed E-state index contributed by atoms with van der Waals surface area (Å²) in [5.74, 6) is -1.16. The van der Waals surface area contributed by atoms with Gasteiger partial charge in [-0.2, -0.15) is 0 Å². The Morgan fingerprint density at radius 3 is 2.26 bits per heavy atom. The summed E-state index contributed by atoms with van der Waals surface area (Å²) >= 11 is 0. The molecule has 31 heavy (non-hydrogen) atoms. The lowest BCUT2D eigenvalue weighted by atomic mass is 9.96. The molecule has 0 aliphatic carbocycles. The summed E-state index contributed by atoms with van der Waals surface area (Å²) in [5.41, 5.74) is 10.7. The van der Waals surface area contributed by atoms with E-state index in [2.05, 4.69) is 53.8 Å². The van der Waals surface area contributed by atoms with E-state index >= 15 is 0 Å². The number of aryl methyl sites for hydroxylation is 1. The van der Waals surface area contributed by atoms with Gasteiger partial charge in [0, 0.05) is 12.1 Å². The van der Waals surface area contributed by atoms with Gasteiger partial charge in [0.1, 0.15) is 6.04 Å². The van der Waals surface area contributed by atoms with E-state index in [0.29, 0.717) is 12.1 Å². The first-order chi connectivity index (χ1) is 15.0. The molecule has 5 heteroatoms. The summed E-state index contributed by atoms with van der Waals surface area (Å²) in [6.45, 7) is 0.609. The van der Waals surface area contributed by atoms with Gasteiger partial charge in [-0.3, -0.25) is 9.59 Å². The molecule has 3 aromatic carbocycles. The number of nitrogens with two attached hydrogens (primary N) is 1. The van der Waals surface area contributed by atoms with Crippen LogP contribution in [-0.2, 0) is 17.6 Å². The molecule has 3 aromatic rings. The quantitative estimate of drug-likeness (QED) is 0.435. The van der Waals surface area contributed by atoms with E-state index in [9.17, 15) is 9.59 Å². The van der Waals surface area contributed by atoms with Crippen LogP contribution >= 0.6 is 0 Å². The van der Waals surface area contributed by atoms with Crippen molar-refractivity contribution in [3.8, 4) is 11.1 Å². The molecule has 160 valence electrons. The van der Waals surface area contributed by atoms with Gasteiger partial charge in [-0.15, -0.1) is 0 Å². The van der Waals surface area contributed by atoms with Crippen molar-refractivity contribution >= 4 is 11.9 Å². The standard InChI is InChI=1S/C26H28N2O3/c27-24(26(30)31)18-19-13-15-22(16-14-19)25(29)28-17-7-6-11-21-10-4-5-12-23(21)20-8-2-1-3-9-20/h1-5,8-10,12-16,24H,6-7,11,17-18,27H2,(H,28,29)(H,30,31). The highest BCUT2D eigenvalue weighted by atomic mass is 16.4. The minimum Gasteiger partial charge on any atom is -0.480 e. The zero-order valence-electron chi connectivity index (χ0n) is 17.5. The van der Waals surface area contributed by atoms with E-state index in [4.69, 9.17) is 10.8 Å². The Bertz CT molecular complexity index is 1000. The largest absolute Gasteiger partial charge is 0.480 e. The van der Waals surface area contributed by atoms with Crippen LogP contribution in [0.1, 0.15) is 34.3 Å². The predicted molar refractivity (Wildman–Crippen MR) is 123 cm³/mol. The number of aliphatic carboxylic acids is 1. The Hall–Kier alpha value is -3.44. The summed E-state index contributed by atoms with van der Waals surface area (Å²) in [6, 6.07) is 24.8. The fraction of sp³-hybridized carbons (Fsp3) is 0.231. The summed E-state index contributed by atoms with van der Waals surface area (Å²) in [5, 5.41) is 11.8. The molecule has 0 radical (unpaired) electrons. The summed E-state index contributed by atoms with van der Waals surface area (Å²) in [7, 11) is 0. The number of rotatable bonds is 10. The van der Waals surface area contributed by atoms with E-state index < -0.39 is 12.0 Å². The van der Waals surface area contributed by atoms with Gasteiger partial charge >= 0.3 is 5.97 Å². The predicted octanol–water partition coefficient (Wildman–Crippen LogP) is 4.06. The van der Waals surface area contributed by atoms with Crippen molar-refractivity contribution < 1.29 is 14.7 Å². The third-order valence-corrected chi connectivity index (χ3v) is 5.25. The molecule has 0 spiro atoms. The topological polar surface area (TPSA) is 92.4 Å². The van der Waals surface area contributed by atoms with Crippen molar-refractivity contribution in [2.24, 2.45) is 5.73 Å². The molecular weight excluding hydrogens is 388 g/mol. The van der Waals surface area contributed by atoms with E-state index in [0.717, 1.165) is 24.8 Å². The van der Waals surface area contributed by atoms with Crippen molar-refractivity contribution in [1.29, 1.82) is 0 Å². The van der Waals surface area contributed by atoms with Gasteiger partial charge in [0.15, 0.2) is 0 Å². The molecular formula is C26H28N2O3. The molecule has 0 aliphatic rings. The third-order valence-electron chi connectivity index (χ3n) is 5.25. The maximum Gasteiger partial charge on any atom is 0.320 e. The number of carbonyl (C=O) groups excluding carboxylic acids is 1. The highest BCUT2D eigenvalue weighted by Crippen LogP contribution is 2.24. The molecule has 0 bridgehead atoms. The molecule has 0 fully saturated rings. The third kappa shape index (κ3) is 6.52. The van der Waals surface area contributed by atoms with Gasteiger partial charge in [0.25, 0.3) is 5.91 Å². The molecule has 0 saturated carbocycles. The van der Waals surface area contributed by atoms with Crippen LogP contribution in [0.15, 0.2) is 78.9 Å². The lowest BCUT2D eigenvalue weighted by molar-refractivity contribution is -0.138. The summed E-state index contributed by atoms with van der Waals surface area (Å²) in [4.78, 5) is 23.2. The van der Waals surface area contributed by atoms with Crippen LogP contribution in [0.2, 0.25) is 0 Å². The average molecular weight is 417 g/mol. The van der Waals surface area contributed by atoms with Gasteiger partial charge in [-0.25, -0.2) is 0 Å². The van der Waals surface area contributed by atoms with Gasteiger partial charge in [0.2, 0.25) is 0 Å². The lowest BCUT2D eigenvalue weighted by Gasteiger charge is -2.10. The zero-order chi connectivity index (χ0) is 22.1. The maximum absolute atomic E-state index is 12.3. The zero-order valence-corrected chi connectivity index (χ0v) is 17.5. The smallest absolute Gasteiger partial charge is 0.320 e. The van der Waals surface area contributed by atoms with Crippen LogP contribution in [0, 0.1) is 0 Å².